The van der Waals surface area contributed by atoms with E-state index in [0.717, 1.165) is 0 Å². The number of benzene rings is 2. The first-order valence-corrected chi connectivity index (χ1v) is 6.33. The van der Waals surface area contributed by atoms with E-state index in [0.29, 0.717) is 11.4 Å². The number of nitrogens with zero attached hydrogens (tertiary/aromatic N) is 1. The Morgan fingerprint density at radius 1 is 1.25 bits per heavy atom. The molecule has 6 heteroatoms. The molecule has 100 valence electrons. The lowest BCUT2D eigenvalue weighted by Crippen LogP contribution is -2.13. The van der Waals surface area contributed by atoms with Gasteiger partial charge in [0.2, 0.25) is 0 Å². The summed E-state index contributed by atoms with van der Waals surface area (Å²) in [4.78, 5) is 12.1. The Morgan fingerprint density at radius 2 is 2.00 bits per heavy atom. The molecule has 2 rings (SSSR count). The van der Waals surface area contributed by atoms with Crippen LogP contribution in [0.3, 0.4) is 0 Å². The maximum absolute atomic E-state index is 12.1. The molecule has 0 saturated heterocycles. The lowest BCUT2D eigenvalue weighted by Gasteiger charge is -2.09. The average Bonchev–Trinajstić information content (AvgIpc) is 2.43. The standard InChI is InChI=1S/C14H9Cl2N3O/c15-11-3-1-2-10(13(11)16)14(20)19-12-5-4-9(18)6-8(12)7-17/h1-6H,18H2,(H,19,20). The van der Waals surface area contributed by atoms with Crippen LogP contribution in [0, 0.1) is 11.3 Å². The summed E-state index contributed by atoms with van der Waals surface area (Å²) in [5, 5.41) is 12.1. The highest BCUT2D eigenvalue weighted by Gasteiger charge is 2.14. The first-order chi connectivity index (χ1) is 9.52. The SMILES string of the molecule is N#Cc1cc(N)ccc1NC(=O)c1cccc(Cl)c1Cl. The highest BCUT2D eigenvalue weighted by atomic mass is 35.5. The van der Waals surface area contributed by atoms with Crippen LogP contribution in [0.4, 0.5) is 11.4 Å². The van der Waals surface area contributed by atoms with E-state index in [2.05, 4.69) is 5.32 Å². The Kier molecular flexibility index (Phi) is 4.14. The Labute approximate surface area is 125 Å². The molecular weight excluding hydrogens is 297 g/mol. The van der Waals surface area contributed by atoms with Crippen LogP contribution in [0.5, 0.6) is 0 Å². The van der Waals surface area contributed by atoms with Crippen molar-refractivity contribution in [2.45, 2.75) is 0 Å². The lowest BCUT2D eigenvalue weighted by molar-refractivity contribution is 0.102. The van der Waals surface area contributed by atoms with Crippen LogP contribution in [0.25, 0.3) is 0 Å². The first-order valence-electron chi connectivity index (χ1n) is 5.58. The molecule has 1 amide bonds. The molecule has 0 saturated carbocycles. The van der Waals surface area contributed by atoms with Crippen LogP contribution in [0.15, 0.2) is 36.4 Å². The Balaban J connectivity index is 2.33. The first kappa shape index (κ1) is 14.2. The quantitative estimate of drug-likeness (QED) is 0.830. The fourth-order valence-corrected chi connectivity index (χ4v) is 2.02. The number of nitriles is 1. The molecule has 0 aliphatic carbocycles. The molecule has 0 aliphatic heterocycles. The number of hydrogen-bond donors (Lipinski definition) is 2. The molecule has 3 N–H and O–H groups in total. The van der Waals surface area contributed by atoms with E-state index < -0.39 is 5.91 Å². The third kappa shape index (κ3) is 2.85. The number of nitrogen functional groups attached to an aromatic ring is 1. The van der Waals surface area contributed by atoms with Crippen molar-refractivity contribution >= 4 is 40.5 Å². The van der Waals surface area contributed by atoms with Crippen LogP contribution >= 0.6 is 23.2 Å². The largest absolute Gasteiger partial charge is 0.399 e. The number of amides is 1. The van der Waals surface area contributed by atoms with Gasteiger partial charge in [-0.15, -0.1) is 0 Å². The second kappa shape index (κ2) is 5.83. The highest BCUT2D eigenvalue weighted by Crippen LogP contribution is 2.27. The third-order valence-corrected chi connectivity index (χ3v) is 3.43. The molecule has 4 nitrogen and oxygen atoms in total. The smallest absolute Gasteiger partial charge is 0.257 e. The second-order valence-corrected chi connectivity index (χ2v) is 4.76. The van der Waals surface area contributed by atoms with E-state index >= 15 is 0 Å². The maximum Gasteiger partial charge on any atom is 0.257 e. The summed E-state index contributed by atoms with van der Waals surface area (Å²) in [6, 6.07) is 11.4. The fourth-order valence-electron chi connectivity index (χ4n) is 1.63. The molecule has 0 unspecified atom stereocenters. The van der Waals surface area contributed by atoms with E-state index in [1.807, 2.05) is 6.07 Å². The molecule has 2 aromatic rings. The van der Waals surface area contributed by atoms with Gasteiger partial charge in [0.1, 0.15) is 6.07 Å². The monoisotopic (exact) mass is 305 g/mol. The van der Waals surface area contributed by atoms with Gasteiger partial charge in [-0.1, -0.05) is 29.3 Å². The molecule has 0 aliphatic rings. The number of hydrogen-bond acceptors (Lipinski definition) is 3. The summed E-state index contributed by atoms with van der Waals surface area (Å²) < 4.78 is 0. The highest BCUT2D eigenvalue weighted by molar-refractivity contribution is 6.44. The number of rotatable bonds is 2. The summed E-state index contributed by atoms with van der Waals surface area (Å²) in [5.41, 5.74) is 6.91. The molecule has 20 heavy (non-hydrogen) atoms. The minimum atomic E-state index is -0.446. The summed E-state index contributed by atoms with van der Waals surface area (Å²) in [5.74, 6) is -0.446. The average molecular weight is 306 g/mol. The molecular formula is C14H9Cl2N3O. The van der Waals surface area contributed by atoms with E-state index in [9.17, 15) is 4.79 Å². The van der Waals surface area contributed by atoms with Crippen molar-refractivity contribution in [3.05, 3.63) is 57.6 Å². The summed E-state index contributed by atoms with van der Waals surface area (Å²) in [6.07, 6.45) is 0. The van der Waals surface area contributed by atoms with E-state index in [4.69, 9.17) is 34.2 Å². The zero-order valence-electron chi connectivity index (χ0n) is 10.2. The van der Waals surface area contributed by atoms with Gasteiger partial charge in [0.25, 0.3) is 5.91 Å². The van der Waals surface area contributed by atoms with Crippen LogP contribution in [0.1, 0.15) is 15.9 Å². The molecule has 0 atom stereocenters. The van der Waals surface area contributed by atoms with Crippen molar-refractivity contribution in [3.63, 3.8) is 0 Å². The summed E-state index contributed by atoms with van der Waals surface area (Å²) in [7, 11) is 0. The van der Waals surface area contributed by atoms with Gasteiger partial charge in [-0.2, -0.15) is 5.26 Å². The van der Waals surface area contributed by atoms with Gasteiger partial charge in [0.05, 0.1) is 26.9 Å². The van der Waals surface area contributed by atoms with Gasteiger partial charge >= 0.3 is 0 Å². The van der Waals surface area contributed by atoms with Gasteiger partial charge in [-0.25, -0.2) is 0 Å². The van der Waals surface area contributed by atoms with Crippen LogP contribution in [0.2, 0.25) is 10.0 Å². The van der Waals surface area contributed by atoms with E-state index in [-0.39, 0.29) is 21.2 Å². The number of nitrogens with one attached hydrogen (secondary N) is 1. The molecule has 0 bridgehead atoms. The Morgan fingerprint density at radius 3 is 2.70 bits per heavy atom. The number of carbonyl (C=O) groups excluding carboxylic acids is 1. The van der Waals surface area contributed by atoms with Gasteiger partial charge < -0.3 is 11.1 Å². The third-order valence-electron chi connectivity index (χ3n) is 2.61. The predicted octanol–water partition coefficient (Wildman–Crippen LogP) is 3.70. The van der Waals surface area contributed by atoms with Crippen molar-refractivity contribution in [1.29, 1.82) is 5.26 Å². The van der Waals surface area contributed by atoms with Gasteiger partial charge in [0, 0.05) is 5.69 Å². The number of nitrogens with two attached hydrogens (primary N) is 1. The normalized spacial score (nSPS) is 9.85. The summed E-state index contributed by atoms with van der Waals surface area (Å²) in [6.45, 7) is 0. The molecule has 2 aromatic carbocycles. The van der Waals surface area contributed by atoms with Gasteiger partial charge in [-0.3, -0.25) is 4.79 Å². The van der Waals surface area contributed by atoms with Crippen molar-refractivity contribution in [1.82, 2.24) is 0 Å². The molecule has 0 aromatic heterocycles. The van der Waals surface area contributed by atoms with Gasteiger partial charge in [0.15, 0.2) is 0 Å². The number of halogens is 2. The zero-order chi connectivity index (χ0) is 14.7. The minimum Gasteiger partial charge on any atom is -0.399 e. The number of carbonyl (C=O) groups is 1. The topological polar surface area (TPSA) is 78.9 Å². The summed E-state index contributed by atoms with van der Waals surface area (Å²) >= 11 is 11.8. The predicted molar refractivity (Wildman–Crippen MR) is 80.0 cm³/mol. The van der Waals surface area contributed by atoms with Crippen LogP contribution in [-0.4, -0.2) is 5.91 Å². The van der Waals surface area contributed by atoms with Crippen molar-refractivity contribution in [2.75, 3.05) is 11.1 Å². The van der Waals surface area contributed by atoms with Crippen LogP contribution < -0.4 is 11.1 Å². The molecule has 0 fully saturated rings. The van der Waals surface area contributed by atoms with Crippen molar-refractivity contribution in [3.8, 4) is 6.07 Å². The fraction of sp³-hybridized carbons (Fsp3) is 0. The lowest BCUT2D eigenvalue weighted by atomic mass is 10.1. The Bertz CT molecular complexity index is 723. The molecule has 0 spiro atoms. The van der Waals surface area contributed by atoms with Crippen LogP contribution in [-0.2, 0) is 0 Å². The number of anilines is 2. The maximum atomic E-state index is 12.1. The minimum absolute atomic E-state index is 0.167. The molecule has 0 radical (unpaired) electrons. The van der Waals surface area contributed by atoms with Gasteiger partial charge in [-0.05, 0) is 30.3 Å². The van der Waals surface area contributed by atoms with E-state index in [1.165, 1.54) is 6.07 Å². The molecule has 0 heterocycles. The van der Waals surface area contributed by atoms with Crippen molar-refractivity contribution < 1.29 is 4.79 Å². The van der Waals surface area contributed by atoms with Crippen molar-refractivity contribution in [2.24, 2.45) is 0 Å². The zero-order valence-corrected chi connectivity index (χ0v) is 11.7. The Hall–Kier alpha value is -2.22. The second-order valence-electron chi connectivity index (χ2n) is 3.97. The van der Waals surface area contributed by atoms with E-state index in [1.54, 1.807) is 30.3 Å².